The van der Waals surface area contributed by atoms with Gasteiger partial charge in [-0.25, -0.2) is 9.17 Å². The second-order valence-electron chi connectivity index (χ2n) is 27.2. The Hall–Kier alpha value is -9.21. The third-order valence-corrected chi connectivity index (χ3v) is 18.1. The Balaban J connectivity index is 0.00000101. The summed E-state index contributed by atoms with van der Waals surface area (Å²) in [6, 6.07) is 1.58. The number of nitrogens with two attached hydrogens (primary N) is 2. The predicted octanol–water partition coefficient (Wildman–Crippen LogP) is 2.29. The summed E-state index contributed by atoms with van der Waals surface area (Å²) in [5.41, 5.74) is 13.3. The smallest absolute Gasteiger partial charge is 0.397 e. The Kier molecular flexibility index (Phi) is 36.5. The number of nitrogens with zero attached hydrogens (tertiary/aromatic N) is 3. The molecule has 2 aromatic carbocycles. The van der Waals surface area contributed by atoms with E-state index >= 15 is 0 Å². The largest absolute Gasteiger partial charge is 0.508 e. The monoisotopic (exact) mass is 1470 g/mol. The molecule has 576 valence electrons. The lowest BCUT2D eigenvalue weighted by Crippen LogP contribution is -2.61. The maximum absolute atomic E-state index is 14.7. The van der Waals surface area contributed by atoms with Crippen LogP contribution in [-0.4, -0.2) is 195 Å². The molecule has 0 saturated carbocycles. The first-order valence-electron chi connectivity index (χ1n) is 36.2. The second-order valence-corrected chi connectivity index (χ2v) is 28.3. The average Bonchev–Trinajstić information content (AvgIpc) is 1.62. The summed E-state index contributed by atoms with van der Waals surface area (Å²) in [6.45, 7) is 11.1. The number of fused-ring (bicyclic) bond motifs is 1. The van der Waals surface area contributed by atoms with Crippen molar-refractivity contribution in [3.8, 4) is 5.75 Å². The third-order valence-electron chi connectivity index (χ3n) is 17.6. The van der Waals surface area contributed by atoms with Gasteiger partial charge in [-0.15, -0.1) is 0 Å². The zero-order valence-electron chi connectivity index (χ0n) is 60.6. The zero-order valence-corrected chi connectivity index (χ0v) is 61.5. The summed E-state index contributed by atoms with van der Waals surface area (Å²) < 4.78 is 33.0. The van der Waals surface area contributed by atoms with Gasteiger partial charge in [-0.2, -0.15) is 8.42 Å². The molecular weight excluding hydrogens is 1360 g/mol. The summed E-state index contributed by atoms with van der Waals surface area (Å²) in [7, 11) is -4.23. The molecule has 2 fully saturated rings. The fraction of sp³-hybridized carbons (Fsp3) is 0.606. The van der Waals surface area contributed by atoms with E-state index in [9.17, 15) is 66.6 Å². The molecule has 6 rings (SSSR count). The molecule has 2 aliphatic rings. The van der Waals surface area contributed by atoms with Crippen LogP contribution in [-0.2, 0) is 81.8 Å². The summed E-state index contributed by atoms with van der Waals surface area (Å²) in [4.78, 5) is 155. The Morgan fingerprint density at radius 3 is 1.76 bits per heavy atom. The molecule has 2 aromatic heterocycles. The van der Waals surface area contributed by atoms with Crippen molar-refractivity contribution in [2.45, 2.75) is 231 Å². The molecule has 33 heteroatoms. The number of phenolic OH excluding ortho intramolecular Hbond substituents is 1. The summed E-state index contributed by atoms with van der Waals surface area (Å²) in [6.07, 6.45) is 17.7. The van der Waals surface area contributed by atoms with Gasteiger partial charge in [-0.1, -0.05) is 123 Å². The lowest BCUT2D eigenvalue weighted by molar-refractivity contribution is -0.142. The number of nitrogens with one attached hydrogen (secondary N) is 11. The summed E-state index contributed by atoms with van der Waals surface area (Å²) in [5, 5.41) is 45.9. The first-order chi connectivity index (χ1) is 49.6. The number of likely N-dealkylation sites (N-methyl/N-ethyl adjacent to an activating group) is 1. The standard InChI is InChI=1S/C59H84N16O12.C12H26O4S/c1-6-63-57(86)48-14-10-22-75(48)58(87)41(13-9-21-64-59(60)61)68-51(80)42(23-32(2)3)69-52(81)43(24-33(4)5)70-53(82)44(25-34-15-17-37(77)18-16-34)71-56(85)47(30-76)74-54(83)45(26-35-28-65-39-12-8-7-11-38(35)39)72-55(84)46(27-36-29-62-31-66-36)73-50(79)40-19-20-49(78)67-40;1-2-3-4-5-6-7-8-9-10-11-12-16-17(13,14)15/h7-8,11-12,15-18,28-29,31-33,40-48,65,76-77H,6,9-10,13-14,19-27,30H2,1-5H3,(H,62,66)(H,63,86)(H,67,78)(H,68,80)(H,69,81)(H,70,82)(H,71,85)(H,72,84)(H,73,79)(H,74,83)(H4,60,61,64);2-12H2,1H3,(H,13,14,15)/t40-,41-,42-,43+,44-,45-,46-,47-,48-;/m0./s1. The molecular formula is C71H110N16O16S. The van der Waals surface area contributed by atoms with Gasteiger partial charge in [0.1, 0.15) is 60.1 Å². The molecule has 0 unspecified atom stereocenters. The van der Waals surface area contributed by atoms with Crippen molar-refractivity contribution in [2.24, 2.45) is 28.3 Å². The minimum atomic E-state index is -4.23. The summed E-state index contributed by atoms with van der Waals surface area (Å²) in [5.74, 6) is -7.55. The maximum atomic E-state index is 14.7. The van der Waals surface area contributed by atoms with Gasteiger partial charge in [-0.3, -0.25) is 57.5 Å². The molecule has 9 atom stereocenters. The molecule has 10 amide bonds. The number of aromatic nitrogens is 3. The number of aliphatic hydroxyl groups excluding tert-OH is 1. The van der Waals surface area contributed by atoms with Crippen molar-refractivity contribution in [1.29, 1.82) is 0 Å². The van der Waals surface area contributed by atoms with Crippen LogP contribution in [0.1, 0.15) is 174 Å². The Morgan fingerprint density at radius 1 is 0.663 bits per heavy atom. The Morgan fingerprint density at radius 2 is 1.21 bits per heavy atom. The number of aromatic hydroxyl groups is 1. The van der Waals surface area contributed by atoms with Crippen LogP contribution in [0.3, 0.4) is 0 Å². The van der Waals surface area contributed by atoms with Crippen molar-refractivity contribution in [1.82, 2.24) is 67.7 Å². The minimum Gasteiger partial charge on any atom is -0.508 e. The number of hydrogen-bond donors (Lipinski definition) is 16. The van der Waals surface area contributed by atoms with E-state index in [0.29, 0.717) is 48.0 Å². The molecule has 104 heavy (non-hydrogen) atoms. The van der Waals surface area contributed by atoms with E-state index in [1.165, 1.54) is 86.6 Å². The van der Waals surface area contributed by atoms with E-state index < -0.39 is 119 Å². The number of amides is 10. The molecule has 4 aromatic rings. The van der Waals surface area contributed by atoms with Gasteiger partial charge in [0.2, 0.25) is 59.1 Å². The highest BCUT2D eigenvalue weighted by atomic mass is 32.3. The number of H-pyrrole nitrogens is 2. The molecule has 4 heterocycles. The van der Waals surface area contributed by atoms with Crippen LogP contribution in [0.15, 0.2) is 72.2 Å². The van der Waals surface area contributed by atoms with Gasteiger partial charge in [-0.05, 0) is 99.5 Å². The van der Waals surface area contributed by atoms with E-state index in [1.54, 1.807) is 45.2 Å². The van der Waals surface area contributed by atoms with Gasteiger partial charge in [0.05, 0.1) is 19.5 Å². The lowest BCUT2D eigenvalue weighted by Gasteiger charge is -2.31. The highest BCUT2D eigenvalue weighted by molar-refractivity contribution is 7.80. The van der Waals surface area contributed by atoms with Crippen LogP contribution in [0.25, 0.3) is 10.9 Å². The van der Waals surface area contributed by atoms with E-state index in [0.717, 1.165) is 18.4 Å². The lowest BCUT2D eigenvalue weighted by atomic mass is 9.98. The van der Waals surface area contributed by atoms with Gasteiger partial charge < -0.3 is 84.4 Å². The van der Waals surface area contributed by atoms with E-state index in [4.69, 9.17) is 16.0 Å². The number of imidazole rings is 1. The number of likely N-dealkylation sites (tertiary alicyclic amines) is 1. The number of carbonyl (C=O) groups excluding carboxylic acids is 10. The maximum Gasteiger partial charge on any atom is 0.397 e. The highest BCUT2D eigenvalue weighted by Crippen LogP contribution is 2.23. The van der Waals surface area contributed by atoms with Gasteiger partial charge >= 0.3 is 10.4 Å². The number of aromatic amines is 2. The number of carbonyl (C=O) groups is 10. The SMILES string of the molecule is CCCCCCCCCCCCOS(=O)(=O)O.CCNC(=O)[C@@H]1CCCN1C(=O)[C@H](CCCN=C(N)N)NC(=O)[C@H](CC(C)C)NC(=O)[C@@H](CC(C)C)NC(=O)[C@H](Cc1ccc(O)cc1)NC(=O)[C@H](CO)NC(=O)[C@H](Cc1c[nH]c2ccccc12)NC(=O)[C@H](Cc1cnc[nH]1)NC(=O)[C@@H]1CCC(=O)N1. The number of aliphatic hydroxyl groups is 1. The molecule has 2 aliphatic heterocycles. The van der Waals surface area contributed by atoms with Gasteiger partial charge in [0.25, 0.3) is 0 Å². The number of phenols is 1. The van der Waals surface area contributed by atoms with E-state index in [1.807, 2.05) is 19.9 Å². The normalized spacial score (nSPS) is 16.3. The van der Waals surface area contributed by atoms with Crippen molar-refractivity contribution in [3.05, 3.63) is 84.1 Å². The van der Waals surface area contributed by atoms with Crippen molar-refractivity contribution in [2.75, 3.05) is 32.8 Å². The topological polar surface area (TPSA) is 495 Å². The highest BCUT2D eigenvalue weighted by Gasteiger charge is 2.40. The molecule has 0 radical (unpaired) electrons. The number of rotatable bonds is 44. The van der Waals surface area contributed by atoms with Crippen molar-refractivity contribution >= 4 is 86.3 Å². The Bertz CT molecular complexity index is 3550. The first kappa shape index (κ1) is 85.4. The molecule has 32 nitrogen and oxygen atoms in total. The molecule has 0 aliphatic carbocycles. The average molecular weight is 1480 g/mol. The molecule has 0 bridgehead atoms. The molecule has 18 N–H and O–H groups in total. The van der Waals surface area contributed by atoms with Crippen molar-refractivity contribution in [3.63, 3.8) is 0 Å². The third kappa shape index (κ3) is 30.2. The number of para-hydroxylation sites is 1. The van der Waals surface area contributed by atoms with Crippen LogP contribution in [0.5, 0.6) is 5.75 Å². The number of benzene rings is 2. The van der Waals surface area contributed by atoms with E-state index in [-0.39, 0.29) is 113 Å². The molecule has 0 spiro atoms. The van der Waals surface area contributed by atoms with Crippen LogP contribution >= 0.6 is 0 Å². The van der Waals surface area contributed by atoms with Crippen LogP contribution in [0.4, 0.5) is 0 Å². The number of guanidine groups is 1. The number of unbranched alkanes of at least 4 members (excludes halogenated alkanes) is 9. The number of hydrogen-bond acceptors (Lipinski definition) is 17. The van der Waals surface area contributed by atoms with Crippen LogP contribution in [0, 0.1) is 11.8 Å². The van der Waals surface area contributed by atoms with Crippen LogP contribution in [0.2, 0.25) is 0 Å². The van der Waals surface area contributed by atoms with Crippen molar-refractivity contribution < 1.29 is 75.3 Å². The fourth-order valence-corrected chi connectivity index (χ4v) is 12.6. The van der Waals surface area contributed by atoms with Crippen LogP contribution < -0.4 is 59.3 Å². The zero-order chi connectivity index (χ0) is 76.3. The predicted molar refractivity (Wildman–Crippen MR) is 389 cm³/mol. The molecule has 2 saturated heterocycles. The summed E-state index contributed by atoms with van der Waals surface area (Å²) >= 11 is 0. The number of aliphatic imine (C=N–C) groups is 1. The Labute approximate surface area is 608 Å². The van der Waals surface area contributed by atoms with Gasteiger partial charge in [0, 0.05) is 74.3 Å². The second kappa shape index (κ2) is 44.4. The first-order valence-corrected chi connectivity index (χ1v) is 37.5. The van der Waals surface area contributed by atoms with E-state index in [2.05, 4.69) is 78.9 Å². The minimum absolute atomic E-state index is 0.0397. The fourth-order valence-electron chi connectivity index (χ4n) is 12.3. The van der Waals surface area contributed by atoms with Gasteiger partial charge in [0.15, 0.2) is 5.96 Å². The quantitative estimate of drug-likeness (QED) is 0.0131.